The van der Waals surface area contributed by atoms with Crippen molar-refractivity contribution in [2.45, 2.75) is 19.4 Å². The molecule has 0 aliphatic heterocycles. The van der Waals surface area contributed by atoms with Gasteiger partial charge in [-0.2, -0.15) is 0 Å². The molecule has 0 heterocycles. The molecule has 17 heavy (non-hydrogen) atoms. The smallest absolute Gasteiger partial charge is 0.326 e. The Labute approximate surface area is 100 Å². The third-order valence-electron chi connectivity index (χ3n) is 2.44. The van der Waals surface area contributed by atoms with E-state index in [1.165, 1.54) is 7.11 Å². The summed E-state index contributed by atoms with van der Waals surface area (Å²) >= 11 is 0. The lowest BCUT2D eigenvalue weighted by atomic mass is 10.2. The van der Waals surface area contributed by atoms with Gasteiger partial charge in [0.05, 0.1) is 19.9 Å². The molecule has 0 bridgehead atoms. The van der Waals surface area contributed by atoms with Crippen LogP contribution < -0.4 is 14.8 Å². The minimum atomic E-state index is -0.891. The molecule has 0 fully saturated rings. The summed E-state index contributed by atoms with van der Waals surface area (Å²) in [6.45, 7) is 1.80. The van der Waals surface area contributed by atoms with E-state index in [0.717, 1.165) is 0 Å². The van der Waals surface area contributed by atoms with E-state index >= 15 is 0 Å². The lowest BCUT2D eigenvalue weighted by Gasteiger charge is -2.17. The fourth-order valence-corrected chi connectivity index (χ4v) is 1.45. The zero-order valence-corrected chi connectivity index (χ0v) is 10.2. The van der Waals surface area contributed by atoms with Gasteiger partial charge in [0, 0.05) is 6.07 Å². The summed E-state index contributed by atoms with van der Waals surface area (Å²) in [4.78, 5) is 11.0. The second-order valence-corrected chi connectivity index (χ2v) is 3.51. The van der Waals surface area contributed by atoms with Gasteiger partial charge in [-0.05, 0) is 18.6 Å². The van der Waals surface area contributed by atoms with E-state index in [1.807, 2.05) is 0 Å². The summed E-state index contributed by atoms with van der Waals surface area (Å²) in [5.41, 5.74) is 0.612. The van der Waals surface area contributed by atoms with E-state index < -0.39 is 12.0 Å². The largest absolute Gasteiger partial charge is 0.497 e. The molecule has 0 aliphatic rings. The molecule has 5 heteroatoms. The summed E-state index contributed by atoms with van der Waals surface area (Å²) in [5.74, 6) is 0.344. The monoisotopic (exact) mass is 239 g/mol. The number of carboxylic acids is 1. The van der Waals surface area contributed by atoms with Crippen molar-refractivity contribution >= 4 is 11.7 Å². The summed E-state index contributed by atoms with van der Waals surface area (Å²) in [7, 11) is 3.09. The van der Waals surface area contributed by atoms with Gasteiger partial charge in [0.15, 0.2) is 0 Å². The SMILES string of the molecule is CC[C@@H](Nc1cc(OC)ccc1OC)C(=O)O. The van der Waals surface area contributed by atoms with Crippen molar-refractivity contribution in [2.75, 3.05) is 19.5 Å². The summed E-state index contributed by atoms with van der Waals surface area (Å²) in [6, 6.07) is 4.56. The van der Waals surface area contributed by atoms with Gasteiger partial charge in [-0.3, -0.25) is 0 Å². The molecule has 1 atom stereocenters. The first-order valence-corrected chi connectivity index (χ1v) is 5.33. The maximum atomic E-state index is 11.0. The molecule has 1 rings (SSSR count). The van der Waals surface area contributed by atoms with Crippen LogP contribution in [0.5, 0.6) is 11.5 Å². The van der Waals surface area contributed by atoms with Crippen LogP contribution in [0.3, 0.4) is 0 Å². The third-order valence-corrected chi connectivity index (χ3v) is 2.44. The molecule has 94 valence electrons. The minimum absolute atomic E-state index is 0.482. The Bertz CT molecular complexity index is 392. The quantitative estimate of drug-likeness (QED) is 0.794. The molecule has 0 spiro atoms. The van der Waals surface area contributed by atoms with E-state index in [-0.39, 0.29) is 0 Å². The van der Waals surface area contributed by atoms with Gasteiger partial charge in [-0.1, -0.05) is 6.92 Å². The Kier molecular flexibility index (Phi) is 4.63. The number of rotatable bonds is 6. The highest BCUT2D eigenvalue weighted by Crippen LogP contribution is 2.29. The number of aliphatic carboxylic acids is 1. The predicted octanol–water partition coefficient (Wildman–Crippen LogP) is 1.98. The number of anilines is 1. The van der Waals surface area contributed by atoms with Crippen LogP contribution in [0.25, 0.3) is 0 Å². The number of nitrogens with one attached hydrogen (secondary N) is 1. The molecule has 2 N–H and O–H groups in total. The molecule has 0 radical (unpaired) electrons. The molecular weight excluding hydrogens is 222 g/mol. The Hall–Kier alpha value is -1.91. The first kappa shape index (κ1) is 13.2. The molecule has 0 saturated heterocycles. The fraction of sp³-hybridized carbons (Fsp3) is 0.417. The van der Waals surface area contributed by atoms with Crippen LogP contribution >= 0.6 is 0 Å². The molecule has 0 unspecified atom stereocenters. The van der Waals surface area contributed by atoms with Crippen molar-refractivity contribution in [3.63, 3.8) is 0 Å². The average molecular weight is 239 g/mol. The Balaban J connectivity index is 2.97. The van der Waals surface area contributed by atoms with Crippen LogP contribution in [0.2, 0.25) is 0 Å². The Morgan fingerprint density at radius 1 is 1.41 bits per heavy atom. The maximum Gasteiger partial charge on any atom is 0.326 e. The second-order valence-electron chi connectivity index (χ2n) is 3.51. The minimum Gasteiger partial charge on any atom is -0.497 e. The van der Waals surface area contributed by atoms with Crippen molar-refractivity contribution in [3.8, 4) is 11.5 Å². The van der Waals surface area contributed by atoms with Gasteiger partial charge in [0.1, 0.15) is 17.5 Å². The summed E-state index contributed by atoms with van der Waals surface area (Å²) < 4.78 is 10.2. The van der Waals surface area contributed by atoms with Crippen LogP contribution in [0.1, 0.15) is 13.3 Å². The molecule has 0 aliphatic carbocycles. The van der Waals surface area contributed by atoms with E-state index in [9.17, 15) is 4.79 Å². The first-order chi connectivity index (χ1) is 8.12. The first-order valence-electron chi connectivity index (χ1n) is 5.33. The van der Waals surface area contributed by atoms with Gasteiger partial charge < -0.3 is 19.9 Å². The molecule has 0 amide bonds. The Morgan fingerprint density at radius 2 is 2.12 bits per heavy atom. The molecule has 1 aromatic rings. The predicted molar refractivity (Wildman–Crippen MR) is 64.9 cm³/mol. The van der Waals surface area contributed by atoms with Crippen molar-refractivity contribution < 1.29 is 19.4 Å². The van der Waals surface area contributed by atoms with Gasteiger partial charge >= 0.3 is 5.97 Å². The second kappa shape index (κ2) is 5.98. The lowest BCUT2D eigenvalue weighted by Crippen LogP contribution is -2.28. The number of carbonyl (C=O) groups is 1. The zero-order valence-electron chi connectivity index (χ0n) is 10.2. The fourth-order valence-electron chi connectivity index (χ4n) is 1.45. The van der Waals surface area contributed by atoms with Crippen LogP contribution in [-0.2, 0) is 4.79 Å². The van der Waals surface area contributed by atoms with E-state index in [1.54, 1.807) is 32.2 Å². The standard InChI is InChI=1S/C12H17NO4/c1-4-9(12(14)15)13-10-7-8(16-2)5-6-11(10)17-3/h5-7,9,13H,4H2,1-3H3,(H,14,15)/t9-/m1/s1. The molecule has 1 aromatic carbocycles. The number of carboxylic acid groups (broad SMARTS) is 1. The number of hydrogen-bond donors (Lipinski definition) is 2. The lowest BCUT2D eigenvalue weighted by molar-refractivity contribution is -0.137. The van der Waals surface area contributed by atoms with E-state index in [0.29, 0.717) is 23.6 Å². The van der Waals surface area contributed by atoms with Gasteiger partial charge in [-0.25, -0.2) is 4.79 Å². The van der Waals surface area contributed by atoms with Crippen LogP contribution in [0, 0.1) is 0 Å². The molecule has 0 aromatic heterocycles. The summed E-state index contributed by atoms with van der Waals surface area (Å²) in [6.07, 6.45) is 0.482. The van der Waals surface area contributed by atoms with Gasteiger partial charge in [0.25, 0.3) is 0 Å². The highest BCUT2D eigenvalue weighted by molar-refractivity contribution is 5.78. The number of benzene rings is 1. The van der Waals surface area contributed by atoms with Crippen molar-refractivity contribution in [1.29, 1.82) is 0 Å². The van der Waals surface area contributed by atoms with E-state index in [2.05, 4.69) is 5.32 Å². The van der Waals surface area contributed by atoms with E-state index in [4.69, 9.17) is 14.6 Å². The average Bonchev–Trinajstić information content (AvgIpc) is 2.35. The van der Waals surface area contributed by atoms with Crippen molar-refractivity contribution in [1.82, 2.24) is 0 Å². The topological polar surface area (TPSA) is 67.8 Å². The molecule has 5 nitrogen and oxygen atoms in total. The van der Waals surface area contributed by atoms with Gasteiger partial charge in [-0.15, -0.1) is 0 Å². The number of hydrogen-bond acceptors (Lipinski definition) is 4. The third kappa shape index (κ3) is 3.27. The van der Waals surface area contributed by atoms with Crippen LogP contribution in [-0.4, -0.2) is 31.3 Å². The Morgan fingerprint density at radius 3 is 2.59 bits per heavy atom. The molecular formula is C12H17NO4. The van der Waals surface area contributed by atoms with Crippen molar-refractivity contribution in [2.24, 2.45) is 0 Å². The highest BCUT2D eigenvalue weighted by atomic mass is 16.5. The maximum absolute atomic E-state index is 11.0. The highest BCUT2D eigenvalue weighted by Gasteiger charge is 2.16. The zero-order chi connectivity index (χ0) is 12.8. The molecule has 0 saturated carbocycles. The summed E-state index contributed by atoms with van der Waals surface area (Å²) in [5, 5.41) is 11.9. The number of methoxy groups -OCH3 is 2. The van der Waals surface area contributed by atoms with Gasteiger partial charge in [0.2, 0.25) is 0 Å². The van der Waals surface area contributed by atoms with Crippen LogP contribution in [0.4, 0.5) is 5.69 Å². The van der Waals surface area contributed by atoms with Crippen molar-refractivity contribution in [3.05, 3.63) is 18.2 Å². The number of ether oxygens (including phenoxy) is 2. The van der Waals surface area contributed by atoms with Crippen LogP contribution in [0.15, 0.2) is 18.2 Å². The normalized spacial score (nSPS) is 11.7.